The molecule has 0 N–H and O–H groups in total. The summed E-state index contributed by atoms with van der Waals surface area (Å²) in [7, 11) is 0. The number of thioether (sulfide) groups is 2. The molecule has 0 aromatic carbocycles. The van der Waals surface area contributed by atoms with Gasteiger partial charge in [0, 0.05) is 0 Å². The molecule has 0 spiro atoms. The van der Waals surface area contributed by atoms with Gasteiger partial charge in [-0.3, -0.25) is 0 Å². The Hall–Kier alpha value is 1.49. The Bertz CT molecular complexity index is 435. The normalized spacial score (nSPS) is 34.7. The van der Waals surface area contributed by atoms with Crippen molar-refractivity contribution in [1.29, 1.82) is 0 Å². The van der Waals surface area contributed by atoms with Crippen molar-refractivity contribution in [2.45, 2.75) is 2.96 Å². The summed E-state index contributed by atoms with van der Waals surface area (Å²) in [4.78, 5) is 14.1. The third kappa shape index (κ3) is 0.810. The Kier molecular flexibility index (Phi) is 1.51. The molecule has 0 aliphatic carbocycles. The van der Waals surface area contributed by atoms with Crippen LogP contribution >= 0.6 is 23.5 Å². The summed E-state index contributed by atoms with van der Waals surface area (Å²) in [6, 6.07) is 0. The number of hydrogen-bond donors (Lipinski definition) is 0. The molecule has 0 saturated carbocycles. The van der Waals surface area contributed by atoms with Crippen LogP contribution in [0.25, 0.3) is 0 Å². The first-order valence-corrected chi connectivity index (χ1v) is 14.5. The standard InChI is InChI=1S/C6HS2.CHO.2Bi/c1(5-3-7-5)2-6-4-8-6;1-2;;/h3H;1H;;. The molecule has 0 aromatic rings. The first-order chi connectivity index (χ1) is 5.90. The van der Waals surface area contributed by atoms with E-state index < -0.39 is 21.8 Å². The van der Waals surface area contributed by atoms with Crippen LogP contribution in [0.1, 0.15) is 0 Å². The van der Waals surface area contributed by atoms with Gasteiger partial charge in [0.15, 0.2) is 0 Å². The van der Waals surface area contributed by atoms with E-state index in [2.05, 4.69) is 0 Å². The summed E-state index contributed by atoms with van der Waals surface area (Å²) in [5.74, 6) is 0. The van der Waals surface area contributed by atoms with Crippen molar-refractivity contribution in [3.8, 4) is 0 Å². The van der Waals surface area contributed by atoms with Gasteiger partial charge in [-0.1, -0.05) is 0 Å². The molecular formula is C7H2Bi2OS2. The fraction of sp³-hybridized carbons (Fsp3) is 0.143. The number of carbonyl (C=O) groups excluding carboxylic acids is 1. The summed E-state index contributed by atoms with van der Waals surface area (Å²) in [5.41, 5.74) is 0. The van der Waals surface area contributed by atoms with Crippen LogP contribution in [0, 0.1) is 0 Å². The predicted molar refractivity (Wildman–Crippen MR) is 56.3 cm³/mol. The number of allylic oxidation sites excluding steroid dienone is 2. The monoisotopic (exact) mass is 584 g/mol. The van der Waals surface area contributed by atoms with Gasteiger partial charge in [-0.05, 0) is 0 Å². The van der Waals surface area contributed by atoms with E-state index in [1.807, 2.05) is 23.5 Å². The SMILES string of the molecule is O=[CH][Bi]1[C]([C]2=C3S[C]3=[Bi]2)=C2S[CH]21. The zero-order valence-electron chi connectivity index (χ0n) is 5.77. The molecule has 2 fully saturated rings. The van der Waals surface area contributed by atoms with E-state index >= 15 is 0 Å². The average molecular weight is 584 g/mol. The molecule has 0 radical (unpaired) electrons. The molecule has 1 nitrogen and oxygen atoms in total. The summed E-state index contributed by atoms with van der Waals surface area (Å²) in [6.07, 6.45) is 0. The Labute approximate surface area is 97.1 Å². The molecule has 12 heavy (non-hydrogen) atoms. The van der Waals surface area contributed by atoms with Crippen LogP contribution in [-0.2, 0) is 4.79 Å². The van der Waals surface area contributed by atoms with E-state index in [1.54, 1.807) is 18.9 Å². The number of hydrogen-bond acceptors (Lipinski definition) is 3. The topological polar surface area (TPSA) is 17.1 Å². The summed E-state index contributed by atoms with van der Waals surface area (Å²) in [5, 5.41) is 0. The van der Waals surface area contributed by atoms with Gasteiger partial charge < -0.3 is 0 Å². The Morgan fingerprint density at radius 1 is 1.58 bits per heavy atom. The van der Waals surface area contributed by atoms with Crippen LogP contribution in [0.5, 0.6) is 0 Å². The van der Waals surface area contributed by atoms with Crippen LogP contribution in [0.4, 0.5) is 0 Å². The van der Waals surface area contributed by atoms with Gasteiger partial charge in [0.25, 0.3) is 0 Å². The molecule has 4 aliphatic rings. The van der Waals surface area contributed by atoms with Crippen molar-refractivity contribution in [3.05, 3.63) is 16.4 Å². The van der Waals surface area contributed by atoms with Gasteiger partial charge >= 0.3 is 98.7 Å². The van der Waals surface area contributed by atoms with Crippen LogP contribution < -0.4 is 0 Å². The molecular weight excluding hydrogens is 582 g/mol. The van der Waals surface area contributed by atoms with Crippen molar-refractivity contribution < 1.29 is 4.79 Å². The molecule has 4 rings (SSSR count). The minimum atomic E-state index is -1.65. The van der Waals surface area contributed by atoms with E-state index in [1.165, 1.54) is 3.99 Å². The fourth-order valence-corrected chi connectivity index (χ4v) is 27.8. The zero-order chi connectivity index (χ0) is 7.87. The second-order valence-electron chi connectivity index (χ2n) is 2.89. The number of carbonyl (C=O) groups is 1. The molecule has 58 valence electrons. The molecule has 4 aliphatic heterocycles. The maximum atomic E-state index is 10.8. The third-order valence-electron chi connectivity index (χ3n) is 2.27. The molecule has 0 aromatic heterocycles. The first kappa shape index (κ1) is 7.74. The molecule has 0 amide bonds. The molecule has 4 heterocycles. The Morgan fingerprint density at radius 3 is 3.08 bits per heavy atom. The molecule has 0 bridgehead atoms. The van der Waals surface area contributed by atoms with Gasteiger partial charge in [0.05, 0.1) is 0 Å². The van der Waals surface area contributed by atoms with E-state index in [9.17, 15) is 4.79 Å². The summed E-state index contributed by atoms with van der Waals surface area (Å²) < 4.78 is 7.43. The minimum absolute atomic E-state index is 0.307. The van der Waals surface area contributed by atoms with Gasteiger partial charge in [-0.15, -0.1) is 0 Å². The van der Waals surface area contributed by atoms with Crippen LogP contribution in [0.15, 0.2) is 16.4 Å². The Balaban J connectivity index is 1.82. The van der Waals surface area contributed by atoms with Crippen molar-refractivity contribution >= 4 is 74.6 Å². The van der Waals surface area contributed by atoms with Crippen molar-refractivity contribution in [1.82, 2.24) is 0 Å². The van der Waals surface area contributed by atoms with Crippen molar-refractivity contribution in [2.24, 2.45) is 0 Å². The zero-order valence-corrected chi connectivity index (χ0v) is 14.4. The molecule has 1 atom stereocenters. The van der Waals surface area contributed by atoms with E-state index in [-0.39, 0.29) is 22.8 Å². The fourth-order valence-electron chi connectivity index (χ4n) is 1.52. The van der Waals surface area contributed by atoms with Gasteiger partial charge in [-0.2, -0.15) is 0 Å². The van der Waals surface area contributed by atoms with Gasteiger partial charge in [-0.25, -0.2) is 0 Å². The van der Waals surface area contributed by atoms with Crippen molar-refractivity contribution in [3.63, 3.8) is 0 Å². The van der Waals surface area contributed by atoms with Crippen LogP contribution in [0.3, 0.4) is 0 Å². The third-order valence-corrected chi connectivity index (χ3v) is 26.5. The molecule has 2 saturated heterocycles. The van der Waals surface area contributed by atoms with E-state index in [0.29, 0.717) is 0 Å². The van der Waals surface area contributed by atoms with Gasteiger partial charge in [0.1, 0.15) is 0 Å². The Morgan fingerprint density at radius 2 is 2.50 bits per heavy atom. The predicted octanol–water partition coefficient (Wildman–Crippen LogP) is 0.521. The summed E-state index contributed by atoms with van der Waals surface area (Å²) >= 11 is 2.08. The average Bonchev–Trinajstić information content (AvgIpc) is 2.84. The second-order valence-corrected chi connectivity index (χ2v) is 19.8. The van der Waals surface area contributed by atoms with Gasteiger partial charge in [0.2, 0.25) is 0 Å². The van der Waals surface area contributed by atoms with Crippen molar-refractivity contribution in [2.75, 3.05) is 0 Å². The summed E-state index contributed by atoms with van der Waals surface area (Å²) in [6.45, 7) is 0. The molecule has 1 unspecified atom stereocenters. The van der Waals surface area contributed by atoms with Crippen LogP contribution in [0.2, 0.25) is 0 Å². The molecule has 5 heteroatoms. The van der Waals surface area contributed by atoms with Crippen LogP contribution in [-0.4, -0.2) is 54.0 Å². The van der Waals surface area contributed by atoms with E-state index in [4.69, 9.17) is 0 Å². The maximum absolute atomic E-state index is 10.8. The number of fused-ring (bicyclic) bond motifs is 2. The number of rotatable bonds is 2. The second kappa shape index (κ2) is 2.35. The van der Waals surface area contributed by atoms with E-state index in [0.717, 1.165) is 2.96 Å². The quantitative estimate of drug-likeness (QED) is 0.268. The first-order valence-electron chi connectivity index (χ1n) is 3.56.